The first-order valence-electron chi connectivity index (χ1n) is 7.49. The largest absolute Gasteiger partial charge is 0.493 e. The molecule has 1 heterocycles. The van der Waals surface area contributed by atoms with Gasteiger partial charge in [-0.25, -0.2) is 4.98 Å². The number of nitrogens with two attached hydrogens (primary N) is 1. The van der Waals surface area contributed by atoms with Crippen molar-refractivity contribution in [1.82, 2.24) is 15.0 Å². The average Bonchev–Trinajstić information content (AvgIpc) is 2.53. The van der Waals surface area contributed by atoms with Gasteiger partial charge in [0.15, 0.2) is 17.5 Å². The minimum atomic E-state index is 0.264. The minimum Gasteiger partial charge on any atom is -0.493 e. The average molecular weight is 330 g/mol. The molecule has 0 aliphatic rings. The number of benzene rings is 1. The summed E-state index contributed by atoms with van der Waals surface area (Å²) in [5, 5.41) is 2.87. The summed E-state index contributed by atoms with van der Waals surface area (Å²) in [6.45, 7) is 4.12. The topological polar surface area (TPSA) is 108 Å². The number of anilines is 1. The maximum atomic E-state index is 5.87. The van der Waals surface area contributed by atoms with E-state index in [2.05, 4.69) is 25.3 Å². The number of nitrogens with zero attached hydrogens (tertiary/aromatic N) is 4. The lowest BCUT2D eigenvalue weighted by molar-refractivity contribution is 0.354. The van der Waals surface area contributed by atoms with Crippen molar-refractivity contribution in [2.75, 3.05) is 26.1 Å². The Morgan fingerprint density at radius 2 is 1.75 bits per heavy atom. The maximum absolute atomic E-state index is 5.87. The van der Waals surface area contributed by atoms with Crippen LogP contribution in [-0.4, -0.2) is 41.7 Å². The van der Waals surface area contributed by atoms with Crippen LogP contribution in [0.15, 0.2) is 23.2 Å². The van der Waals surface area contributed by atoms with E-state index in [-0.39, 0.29) is 5.96 Å². The number of aromatic nitrogens is 3. The first kappa shape index (κ1) is 17.5. The molecule has 1 aromatic carbocycles. The molecule has 8 nitrogen and oxygen atoms in total. The second-order valence-electron chi connectivity index (χ2n) is 5.08. The van der Waals surface area contributed by atoms with Gasteiger partial charge in [-0.2, -0.15) is 9.97 Å². The zero-order valence-electron chi connectivity index (χ0n) is 14.3. The molecule has 2 aromatic rings. The SMILES string of the molecule is COc1ccc(CCN=C(N)Nc2nc(C)nc(C)n2)cc1OC. The summed E-state index contributed by atoms with van der Waals surface area (Å²) in [5.74, 6) is 3.31. The van der Waals surface area contributed by atoms with Crippen LogP contribution < -0.4 is 20.5 Å². The fraction of sp³-hybridized carbons (Fsp3) is 0.375. The van der Waals surface area contributed by atoms with Crippen LogP contribution in [0.1, 0.15) is 17.2 Å². The number of rotatable bonds is 6. The van der Waals surface area contributed by atoms with E-state index < -0.39 is 0 Å². The number of nitrogens with one attached hydrogen (secondary N) is 1. The molecule has 0 unspecified atom stereocenters. The van der Waals surface area contributed by atoms with Crippen molar-refractivity contribution >= 4 is 11.9 Å². The maximum Gasteiger partial charge on any atom is 0.233 e. The van der Waals surface area contributed by atoms with E-state index in [9.17, 15) is 0 Å². The fourth-order valence-electron chi connectivity index (χ4n) is 2.17. The minimum absolute atomic E-state index is 0.264. The Bertz CT molecular complexity index is 712. The summed E-state index contributed by atoms with van der Waals surface area (Å²) >= 11 is 0. The molecule has 3 N–H and O–H groups in total. The van der Waals surface area contributed by atoms with Crippen molar-refractivity contribution in [3.63, 3.8) is 0 Å². The van der Waals surface area contributed by atoms with Crippen LogP contribution in [0.25, 0.3) is 0 Å². The zero-order valence-corrected chi connectivity index (χ0v) is 14.3. The van der Waals surface area contributed by atoms with Gasteiger partial charge in [-0.1, -0.05) is 6.07 Å². The summed E-state index contributed by atoms with van der Waals surface area (Å²) in [6, 6.07) is 5.77. The molecule has 128 valence electrons. The molecule has 0 fully saturated rings. The van der Waals surface area contributed by atoms with Crippen LogP contribution in [0.2, 0.25) is 0 Å². The number of aliphatic imine (C=N–C) groups is 1. The zero-order chi connectivity index (χ0) is 17.5. The quantitative estimate of drug-likeness (QED) is 0.610. The summed E-state index contributed by atoms with van der Waals surface area (Å²) < 4.78 is 10.5. The van der Waals surface area contributed by atoms with Gasteiger partial charge >= 0.3 is 0 Å². The van der Waals surface area contributed by atoms with E-state index in [1.807, 2.05) is 18.2 Å². The van der Waals surface area contributed by atoms with E-state index in [1.165, 1.54) is 0 Å². The second kappa shape index (κ2) is 8.09. The van der Waals surface area contributed by atoms with Gasteiger partial charge in [0.25, 0.3) is 0 Å². The molecule has 0 atom stereocenters. The molecule has 0 aliphatic heterocycles. The van der Waals surface area contributed by atoms with Crippen molar-refractivity contribution in [2.45, 2.75) is 20.3 Å². The lowest BCUT2D eigenvalue weighted by atomic mass is 10.1. The first-order chi connectivity index (χ1) is 11.5. The number of hydrogen-bond acceptors (Lipinski definition) is 6. The van der Waals surface area contributed by atoms with Crippen molar-refractivity contribution < 1.29 is 9.47 Å². The van der Waals surface area contributed by atoms with E-state index >= 15 is 0 Å². The van der Waals surface area contributed by atoms with Gasteiger partial charge in [0.1, 0.15) is 11.6 Å². The fourth-order valence-corrected chi connectivity index (χ4v) is 2.17. The van der Waals surface area contributed by atoms with Gasteiger partial charge in [0.2, 0.25) is 5.95 Å². The van der Waals surface area contributed by atoms with Crippen molar-refractivity contribution in [3.05, 3.63) is 35.4 Å². The van der Waals surface area contributed by atoms with Crippen LogP contribution in [-0.2, 0) is 6.42 Å². The molecular formula is C16H22N6O2. The molecule has 0 radical (unpaired) electrons. The summed E-state index contributed by atoms with van der Waals surface area (Å²) in [4.78, 5) is 16.7. The third kappa shape index (κ3) is 4.80. The van der Waals surface area contributed by atoms with Gasteiger partial charge in [-0.15, -0.1) is 0 Å². The van der Waals surface area contributed by atoms with E-state index in [4.69, 9.17) is 15.2 Å². The highest BCUT2D eigenvalue weighted by molar-refractivity contribution is 5.90. The Labute approximate surface area is 141 Å². The van der Waals surface area contributed by atoms with E-state index in [0.717, 1.165) is 12.0 Å². The second-order valence-corrected chi connectivity index (χ2v) is 5.08. The highest BCUT2D eigenvalue weighted by Crippen LogP contribution is 2.27. The van der Waals surface area contributed by atoms with Gasteiger partial charge in [0.05, 0.1) is 14.2 Å². The molecule has 0 amide bonds. The molecule has 2 rings (SSSR count). The van der Waals surface area contributed by atoms with Gasteiger partial charge < -0.3 is 15.2 Å². The van der Waals surface area contributed by atoms with Crippen molar-refractivity contribution in [3.8, 4) is 11.5 Å². The van der Waals surface area contributed by atoms with Crippen LogP contribution in [0.5, 0.6) is 11.5 Å². The molecule has 0 bridgehead atoms. The first-order valence-corrected chi connectivity index (χ1v) is 7.49. The van der Waals surface area contributed by atoms with E-state index in [0.29, 0.717) is 35.6 Å². The lowest BCUT2D eigenvalue weighted by Crippen LogP contribution is -2.25. The van der Waals surface area contributed by atoms with Gasteiger partial charge in [-0.05, 0) is 38.0 Å². The number of guanidine groups is 1. The molecule has 0 spiro atoms. The van der Waals surface area contributed by atoms with Gasteiger partial charge in [-0.3, -0.25) is 10.3 Å². The van der Waals surface area contributed by atoms with Crippen LogP contribution in [0.3, 0.4) is 0 Å². The standard InChI is InChI=1S/C16H22N6O2/c1-10-19-11(2)21-16(20-10)22-15(17)18-8-7-12-5-6-13(23-3)14(9-12)24-4/h5-6,9H,7-8H2,1-4H3,(H3,17,18,19,20,21,22). The monoisotopic (exact) mass is 330 g/mol. The highest BCUT2D eigenvalue weighted by Gasteiger charge is 2.05. The van der Waals surface area contributed by atoms with Crippen molar-refractivity contribution in [2.24, 2.45) is 10.7 Å². The highest BCUT2D eigenvalue weighted by atomic mass is 16.5. The molecule has 0 saturated carbocycles. The Hall–Kier alpha value is -2.90. The predicted octanol–water partition coefficient (Wildman–Crippen LogP) is 1.47. The summed E-state index contributed by atoms with van der Waals surface area (Å²) in [6.07, 6.45) is 0.720. The lowest BCUT2D eigenvalue weighted by Gasteiger charge is -2.09. The summed E-state index contributed by atoms with van der Waals surface area (Å²) in [7, 11) is 3.22. The van der Waals surface area contributed by atoms with E-state index in [1.54, 1.807) is 28.1 Å². The van der Waals surface area contributed by atoms with Crippen molar-refractivity contribution in [1.29, 1.82) is 0 Å². The molecular weight excluding hydrogens is 308 g/mol. The molecule has 0 saturated heterocycles. The third-order valence-corrected chi connectivity index (χ3v) is 3.23. The molecule has 24 heavy (non-hydrogen) atoms. The van der Waals surface area contributed by atoms with Gasteiger partial charge in [0, 0.05) is 6.54 Å². The smallest absolute Gasteiger partial charge is 0.233 e. The Kier molecular flexibility index (Phi) is 5.89. The predicted molar refractivity (Wildman–Crippen MR) is 92.7 cm³/mol. The Balaban J connectivity index is 1.95. The van der Waals surface area contributed by atoms with Crippen LogP contribution in [0, 0.1) is 13.8 Å². The molecule has 0 aliphatic carbocycles. The number of hydrogen-bond donors (Lipinski definition) is 2. The third-order valence-electron chi connectivity index (χ3n) is 3.23. The number of ether oxygens (including phenoxy) is 2. The number of aryl methyl sites for hydroxylation is 2. The van der Waals surface area contributed by atoms with Crippen LogP contribution in [0.4, 0.5) is 5.95 Å². The Morgan fingerprint density at radius 1 is 1.08 bits per heavy atom. The molecule has 8 heteroatoms. The summed E-state index contributed by atoms with van der Waals surface area (Å²) in [5.41, 5.74) is 6.95. The number of methoxy groups -OCH3 is 2. The molecule has 1 aromatic heterocycles. The normalized spacial score (nSPS) is 11.2. The van der Waals surface area contributed by atoms with Crippen LogP contribution >= 0.6 is 0 Å². The Morgan fingerprint density at radius 3 is 2.38 bits per heavy atom.